The van der Waals surface area contributed by atoms with Gasteiger partial charge in [-0.15, -0.1) is 6.58 Å². The largest absolute Gasteiger partial charge is 0.493 e. The fourth-order valence-corrected chi connectivity index (χ4v) is 2.22. The molecule has 21 heavy (non-hydrogen) atoms. The molecule has 3 nitrogen and oxygen atoms in total. The molecule has 0 radical (unpaired) electrons. The number of methoxy groups -OCH3 is 1. The predicted octanol–water partition coefficient (Wildman–Crippen LogP) is 3.96. The van der Waals surface area contributed by atoms with Crippen molar-refractivity contribution >= 4 is 0 Å². The molecule has 0 aromatic heterocycles. The normalized spacial score (nSPS) is 10.7. The zero-order chi connectivity index (χ0) is 15.7. The molecule has 1 aromatic carbocycles. The molecule has 0 amide bonds. The molecule has 0 fully saturated rings. The summed E-state index contributed by atoms with van der Waals surface area (Å²) in [6, 6.07) is 4.23. The Hall–Kier alpha value is -1.48. The molecule has 0 aliphatic rings. The number of benzene rings is 1. The van der Waals surface area contributed by atoms with Gasteiger partial charge in [0.15, 0.2) is 11.5 Å². The molecular formula is C18H29NO2. The van der Waals surface area contributed by atoms with Gasteiger partial charge in [-0.2, -0.15) is 0 Å². The number of ether oxygens (including phenoxy) is 2. The molecule has 0 unspecified atom stereocenters. The Balaban J connectivity index is 2.84. The molecule has 0 saturated carbocycles. The van der Waals surface area contributed by atoms with E-state index in [1.807, 2.05) is 13.0 Å². The van der Waals surface area contributed by atoms with Gasteiger partial charge >= 0.3 is 0 Å². The maximum Gasteiger partial charge on any atom is 0.164 e. The van der Waals surface area contributed by atoms with Crippen LogP contribution in [-0.4, -0.2) is 20.3 Å². The van der Waals surface area contributed by atoms with Crippen LogP contribution in [0.1, 0.15) is 38.3 Å². The van der Waals surface area contributed by atoms with Crippen LogP contribution in [0.15, 0.2) is 24.8 Å². The third-order valence-corrected chi connectivity index (χ3v) is 3.29. The monoisotopic (exact) mass is 291 g/mol. The first-order valence-corrected chi connectivity index (χ1v) is 7.76. The van der Waals surface area contributed by atoms with Crippen LogP contribution in [0.5, 0.6) is 11.5 Å². The highest BCUT2D eigenvalue weighted by molar-refractivity contribution is 5.50. The maximum absolute atomic E-state index is 5.73. The number of allylic oxidation sites excluding steroid dienone is 1. The second-order valence-electron chi connectivity index (χ2n) is 5.57. The van der Waals surface area contributed by atoms with Crippen molar-refractivity contribution in [2.75, 3.05) is 20.3 Å². The first-order valence-electron chi connectivity index (χ1n) is 7.76. The van der Waals surface area contributed by atoms with Crippen LogP contribution < -0.4 is 14.8 Å². The molecule has 0 aliphatic carbocycles. The van der Waals surface area contributed by atoms with E-state index in [1.54, 1.807) is 7.11 Å². The summed E-state index contributed by atoms with van der Waals surface area (Å²) < 4.78 is 11.2. The standard InChI is InChI=1S/C18H29NO2/c1-6-8-16-11-15(13-19-10-9-14(3)4)12-17(20-5)18(16)21-7-2/h6,11-12,14,19H,1,7-10,13H2,2-5H3. The van der Waals surface area contributed by atoms with E-state index in [4.69, 9.17) is 9.47 Å². The predicted molar refractivity (Wildman–Crippen MR) is 89.2 cm³/mol. The van der Waals surface area contributed by atoms with Crippen molar-refractivity contribution in [2.24, 2.45) is 5.92 Å². The minimum absolute atomic E-state index is 0.631. The van der Waals surface area contributed by atoms with Crippen LogP contribution in [0, 0.1) is 5.92 Å². The number of hydrogen-bond donors (Lipinski definition) is 1. The Morgan fingerprint density at radius 1 is 1.33 bits per heavy atom. The Morgan fingerprint density at radius 3 is 2.67 bits per heavy atom. The van der Waals surface area contributed by atoms with Crippen molar-refractivity contribution in [1.29, 1.82) is 0 Å². The summed E-state index contributed by atoms with van der Waals surface area (Å²) in [5, 5.41) is 3.48. The van der Waals surface area contributed by atoms with E-state index in [9.17, 15) is 0 Å². The highest BCUT2D eigenvalue weighted by atomic mass is 16.5. The van der Waals surface area contributed by atoms with Gasteiger partial charge in [-0.3, -0.25) is 0 Å². The molecule has 0 bridgehead atoms. The molecule has 1 rings (SSSR count). The van der Waals surface area contributed by atoms with Crippen LogP contribution in [0.2, 0.25) is 0 Å². The Morgan fingerprint density at radius 2 is 2.10 bits per heavy atom. The summed E-state index contributed by atoms with van der Waals surface area (Å²) in [5.41, 5.74) is 2.35. The zero-order valence-electron chi connectivity index (χ0n) is 13.9. The van der Waals surface area contributed by atoms with E-state index in [-0.39, 0.29) is 0 Å². The molecule has 1 N–H and O–H groups in total. The Bertz CT molecular complexity index is 441. The van der Waals surface area contributed by atoms with Crippen LogP contribution in [0.4, 0.5) is 0 Å². The van der Waals surface area contributed by atoms with E-state index in [0.29, 0.717) is 6.61 Å². The summed E-state index contributed by atoms with van der Waals surface area (Å²) in [6.45, 7) is 12.8. The number of hydrogen-bond acceptors (Lipinski definition) is 3. The van der Waals surface area contributed by atoms with Gasteiger partial charge in [-0.05, 0) is 43.9 Å². The van der Waals surface area contributed by atoms with E-state index in [0.717, 1.165) is 42.5 Å². The lowest BCUT2D eigenvalue weighted by Crippen LogP contribution is -2.16. The van der Waals surface area contributed by atoms with Gasteiger partial charge < -0.3 is 14.8 Å². The molecular weight excluding hydrogens is 262 g/mol. The fraction of sp³-hybridized carbons (Fsp3) is 0.556. The van der Waals surface area contributed by atoms with Gasteiger partial charge in [0.05, 0.1) is 13.7 Å². The topological polar surface area (TPSA) is 30.5 Å². The molecule has 0 heterocycles. The quantitative estimate of drug-likeness (QED) is 0.523. The SMILES string of the molecule is C=CCc1cc(CNCCC(C)C)cc(OC)c1OCC. The second-order valence-corrected chi connectivity index (χ2v) is 5.57. The molecule has 0 spiro atoms. The first-order chi connectivity index (χ1) is 10.1. The molecule has 3 heteroatoms. The second kappa shape index (κ2) is 9.46. The minimum atomic E-state index is 0.631. The lowest BCUT2D eigenvalue weighted by atomic mass is 10.1. The van der Waals surface area contributed by atoms with Crippen molar-refractivity contribution in [3.8, 4) is 11.5 Å². The van der Waals surface area contributed by atoms with Gasteiger partial charge in [0.25, 0.3) is 0 Å². The van der Waals surface area contributed by atoms with Crippen LogP contribution >= 0.6 is 0 Å². The zero-order valence-corrected chi connectivity index (χ0v) is 13.9. The number of rotatable bonds is 10. The lowest BCUT2D eigenvalue weighted by molar-refractivity contribution is 0.308. The average Bonchev–Trinajstić information content (AvgIpc) is 2.46. The summed E-state index contributed by atoms with van der Waals surface area (Å²) in [6.07, 6.45) is 3.87. The van der Waals surface area contributed by atoms with E-state index in [2.05, 4.69) is 37.9 Å². The van der Waals surface area contributed by atoms with E-state index in [1.165, 1.54) is 12.0 Å². The summed E-state index contributed by atoms with van der Waals surface area (Å²) in [4.78, 5) is 0. The molecule has 118 valence electrons. The number of nitrogens with one attached hydrogen (secondary N) is 1. The van der Waals surface area contributed by atoms with Crippen molar-refractivity contribution in [2.45, 2.75) is 40.2 Å². The van der Waals surface area contributed by atoms with Crippen LogP contribution in [0.3, 0.4) is 0 Å². The van der Waals surface area contributed by atoms with Gasteiger partial charge in [0.1, 0.15) is 0 Å². The Labute approximate surface area is 129 Å². The third kappa shape index (κ3) is 5.80. The molecule has 0 saturated heterocycles. The van der Waals surface area contributed by atoms with Crippen LogP contribution in [-0.2, 0) is 13.0 Å². The first kappa shape index (κ1) is 17.6. The molecule has 1 aromatic rings. The van der Waals surface area contributed by atoms with Gasteiger partial charge in [-0.1, -0.05) is 26.0 Å². The lowest BCUT2D eigenvalue weighted by Gasteiger charge is -2.16. The van der Waals surface area contributed by atoms with Crippen molar-refractivity contribution in [3.63, 3.8) is 0 Å². The smallest absolute Gasteiger partial charge is 0.164 e. The van der Waals surface area contributed by atoms with Crippen molar-refractivity contribution < 1.29 is 9.47 Å². The van der Waals surface area contributed by atoms with Gasteiger partial charge in [-0.25, -0.2) is 0 Å². The molecule has 0 aliphatic heterocycles. The van der Waals surface area contributed by atoms with Crippen LogP contribution in [0.25, 0.3) is 0 Å². The summed E-state index contributed by atoms with van der Waals surface area (Å²) in [7, 11) is 1.69. The van der Waals surface area contributed by atoms with Crippen molar-refractivity contribution in [3.05, 3.63) is 35.9 Å². The van der Waals surface area contributed by atoms with Gasteiger partial charge in [0, 0.05) is 12.1 Å². The highest BCUT2D eigenvalue weighted by Gasteiger charge is 2.12. The van der Waals surface area contributed by atoms with Crippen molar-refractivity contribution in [1.82, 2.24) is 5.32 Å². The summed E-state index contributed by atoms with van der Waals surface area (Å²) in [5.74, 6) is 2.37. The Kier molecular flexibility index (Phi) is 7.91. The van der Waals surface area contributed by atoms with E-state index >= 15 is 0 Å². The minimum Gasteiger partial charge on any atom is -0.493 e. The fourth-order valence-electron chi connectivity index (χ4n) is 2.22. The summed E-state index contributed by atoms with van der Waals surface area (Å²) >= 11 is 0. The third-order valence-electron chi connectivity index (χ3n) is 3.29. The average molecular weight is 291 g/mol. The molecule has 0 atom stereocenters. The van der Waals surface area contributed by atoms with E-state index < -0.39 is 0 Å². The maximum atomic E-state index is 5.73. The highest BCUT2D eigenvalue weighted by Crippen LogP contribution is 2.33. The van der Waals surface area contributed by atoms with Gasteiger partial charge in [0.2, 0.25) is 0 Å².